The normalized spacial score (nSPS) is 12.1. The zero-order valence-corrected chi connectivity index (χ0v) is 18.9. The van der Waals surface area contributed by atoms with Gasteiger partial charge in [-0.3, -0.25) is 4.79 Å². The number of aromatic amines is 1. The Morgan fingerprint density at radius 1 is 1.16 bits per heavy atom. The summed E-state index contributed by atoms with van der Waals surface area (Å²) in [5.74, 6) is 2.09. The van der Waals surface area contributed by atoms with E-state index >= 15 is 0 Å². The monoisotopic (exact) mass is 455 g/mol. The number of methoxy groups -OCH3 is 2. The van der Waals surface area contributed by atoms with Gasteiger partial charge in [0.2, 0.25) is 0 Å². The third-order valence-corrected chi connectivity index (χ3v) is 6.34. The summed E-state index contributed by atoms with van der Waals surface area (Å²) in [6.07, 6.45) is 0. The summed E-state index contributed by atoms with van der Waals surface area (Å²) in [6.45, 7) is 2.42. The van der Waals surface area contributed by atoms with Crippen LogP contribution >= 0.6 is 22.9 Å². The Kier molecular flexibility index (Phi) is 6.27. The smallest absolute Gasteiger partial charge is 0.260 e. The number of fused-ring (bicyclic) bond motifs is 1. The number of nitrogens with zero attached hydrogens (tertiary/aromatic N) is 1. The molecule has 1 unspecified atom stereocenters. The average molecular weight is 456 g/mol. The molecule has 4 aromatic rings. The van der Waals surface area contributed by atoms with E-state index in [2.05, 4.69) is 15.3 Å². The van der Waals surface area contributed by atoms with E-state index in [4.69, 9.17) is 21.1 Å². The molecule has 2 N–H and O–H groups in total. The van der Waals surface area contributed by atoms with Gasteiger partial charge in [0.05, 0.1) is 26.2 Å². The summed E-state index contributed by atoms with van der Waals surface area (Å²) in [5.41, 5.74) is 2.41. The van der Waals surface area contributed by atoms with Crippen molar-refractivity contribution in [1.82, 2.24) is 15.3 Å². The van der Waals surface area contributed by atoms with Crippen molar-refractivity contribution in [3.8, 4) is 22.6 Å². The van der Waals surface area contributed by atoms with Crippen LogP contribution in [0.4, 0.5) is 0 Å². The van der Waals surface area contributed by atoms with Gasteiger partial charge in [-0.1, -0.05) is 29.8 Å². The van der Waals surface area contributed by atoms with Crippen LogP contribution in [-0.4, -0.2) is 24.2 Å². The molecule has 0 spiro atoms. The van der Waals surface area contributed by atoms with Gasteiger partial charge >= 0.3 is 0 Å². The summed E-state index contributed by atoms with van der Waals surface area (Å²) in [6, 6.07) is 13.1. The highest BCUT2D eigenvalue weighted by molar-refractivity contribution is 7.17. The van der Waals surface area contributed by atoms with Gasteiger partial charge in [-0.2, -0.15) is 0 Å². The van der Waals surface area contributed by atoms with E-state index in [-0.39, 0.29) is 11.6 Å². The molecule has 0 fully saturated rings. The Morgan fingerprint density at radius 3 is 2.71 bits per heavy atom. The Hall–Kier alpha value is -2.87. The number of ether oxygens (including phenoxy) is 2. The third kappa shape index (κ3) is 4.30. The first-order chi connectivity index (χ1) is 15.0. The summed E-state index contributed by atoms with van der Waals surface area (Å²) < 4.78 is 10.8. The number of rotatable bonds is 7. The van der Waals surface area contributed by atoms with E-state index < -0.39 is 0 Å². The summed E-state index contributed by atoms with van der Waals surface area (Å²) in [4.78, 5) is 21.1. The zero-order valence-electron chi connectivity index (χ0n) is 17.4. The van der Waals surface area contributed by atoms with Crippen molar-refractivity contribution in [2.24, 2.45) is 0 Å². The Balaban J connectivity index is 1.59. The zero-order chi connectivity index (χ0) is 22.0. The number of H-pyrrole nitrogens is 1. The fraction of sp³-hybridized carbons (Fsp3) is 0.217. The fourth-order valence-electron chi connectivity index (χ4n) is 3.49. The minimum atomic E-state index is -0.176. The van der Waals surface area contributed by atoms with Crippen LogP contribution in [0.2, 0.25) is 5.02 Å². The number of hydrogen-bond donors (Lipinski definition) is 2. The third-order valence-electron chi connectivity index (χ3n) is 5.14. The summed E-state index contributed by atoms with van der Waals surface area (Å²) >= 11 is 7.76. The molecule has 0 bridgehead atoms. The van der Waals surface area contributed by atoms with Crippen LogP contribution in [0.15, 0.2) is 52.6 Å². The molecule has 160 valence electrons. The Labute approximate surface area is 188 Å². The molecule has 0 saturated heterocycles. The second-order valence-electron chi connectivity index (χ2n) is 7.03. The summed E-state index contributed by atoms with van der Waals surface area (Å²) in [7, 11) is 3.27. The fourth-order valence-corrected chi connectivity index (χ4v) is 4.69. The Bertz CT molecular complexity index is 1280. The molecular weight excluding hydrogens is 434 g/mol. The van der Waals surface area contributed by atoms with E-state index in [0.29, 0.717) is 27.6 Å². The molecule has 8 heteroatoms. The lowest BCUT2D eigenvalue weighted by atomic mass is 10.1. The number of aromatic nitrogens is 2. The van der Waals surface area contributed by atoms with Crippen LogP contribution in [-0.2, 0) is 6.54 Å². The van der Waals surface area contributed by atoms with Crippen LogP contribution in [0.25, 0.3) is 21.3 Å². The molecule has 6 nitrogen and oxygen atoms in total. The van der Waals surface area contributed by atoms with Gasteiger partial charge in [0.1, 0.15) is 22.2 Å². The predicted molar refractivity (Wildman–Crippen MR) is 125 cm³/mol. The maximum absolute atomic E-state index is 12.9. The maximum atomic E-state index is 12.9. The van der Waals surface area contributed by atoms with Gasteiger partial charge < -0.3 is 19.8 Å². The van der Waals surface area contributed by atoms with Gasteiger partial charge in [0.15, 0.2) is 0 Å². The lowest BCUT2D eigenvalue weighted by Crippen LogP contribution is -2.22. The number of hydrogen-bond acceptors (Lipinski definition) is 6. The highest BCUT2D eigenvalue weighted by atomic mass is 35.5. The van der Waals surface area contributed by atoms with Gasteiger partial charge in [0, 0.05) is 33.1 Å². The standard InChI is InChI=1S/C23H22ClN3O3S/c1-13(16-10-14(29-2)8-9-19(16)30-3)25-11-20-26-22(28)21-17(12-31-23(21)27-20)15-6-4-5-7-18(15)24/h4-10,12-13,25H,11H2,1-3H3,(H,26,27,28). The van der Waals surface area contributed by atoms with Gasteiger partial charge in [-0.05, 0) is 31.2 Å². The van der Waals surface area contributed by atoms with E-state index in [9.17, 15) is 4.79 Å². The molecule has 0 amide bonds. The molecule has 2 aromatic carbocycles. The molecule has 2 aromatic heterocycles. The van der Waals surface area contributed by atoms with Crippen molar-refractivity contribution in [2.75, 3.05) is 14.2 Å². The van der Waals surface area contributed by atoms with Crippen molar-refractivity contribution in [3.05, 3.63) is 74.6 Å². The van der Waals surface area contributed by atoms with Gasteiger partial charge in [-0.15, -0.1) is 11.3 Å². The minimum Gasteiger partial charge on any atom is -0.497 e. The average Bonchev–Trinajstić information content (AvgIpc) is 3.21. The van der Waals surface area contributed by atoms with E-state index in [1.54, 1.807) is 14.2 Å². The van der Waals surface area contributed by atoms with Gasteiger partial charge in [0.25, 0.3) is 5.56 Å². The molecule has 0 aliphatic heterocycles. The molecule has 1 atom stereocenters. The predicted octanol–water partition coefficient (Wildman–Crippen LogP) is 5.17. The van der Waals surface area contributed by atoms with Crippen molar-refractivity contribution < 1.29 is 9.47 Å². The Morgan fingerprint density at radius 2 is 1.97 bits per heavy atom. The molecule has 31 heavy (non-hydrogen) atoms. The van der Waals surface area contributed by atoms with E-state index in [1.165, 1.54) is 11.3 Å². The largest absolute Gasteiger partial charge is 0.497 e. The molecule has 4 rings (SSSR count). The number of thiophene rings is 1. The molecule has 0 saturated carbocycles. The highest BCUT2D eigenvalue weighted by Gasteiger charge is 2.16. The number of benzene rings is 2. The van der Waals surface area contributed by atoms with Crippen LogP contribution in [0.5, 0.6) is 11.5 Å². The van der Waals surface area contributed by atoms with Crippen molar-refractivity contribution in [1.29, 1.82) is 0 Å². The second kappa shape index (κ2) is 9.09. The molecule has 0 radical (unpaired) electrons. The highest BCUT2D eigenvalue weighted by Crippen LogP contribution is 2.35. The van der Waals surface area contributed by atoms with Crippen LogP contribution in [0.1, 0.15) is 24.4 Å². The van der Waals surface area contributed by atoms with E-state index in [1.807, 2.05) is 54.8 Å². The van der Waals surface area contributed by atoms with Gasteiger partial charge in [-0.25, -0.2) is 4.98 Å². The van der Waals surface area contributed by atoms with E-state index in [0.717, 1.165) is 28.2 Å². The lowest BCUT2D eigenvalue weighted by molar-refractivity contribution is 0.391. The summed E-state index contributed by atoms with van der Waals surface area (Å²) in [5, 5.41) is 6.49. The molecule has 0 aliphatic rings. The van der Waals surface area contributed by atoms with Crippen molar-refractivity contribution in [2.45, 2.75) is 19.5 Å². The van der Waals surface area contributed by atoms with Crippen LogP contribution < -0.4 is 20.3 Å². The van der Waals surface area contributed by atoms with Crippen LogP contribution in [0.3, 0.4) is 0 Å². The number of halogens is 1. The first-order valence-corrected chi connectivity index (χ1v) is 11.0. The molecule has 2 heterocycles. The lowest BCUT2D eigenvalue weighted by Gasteiger charge is -2.18. The topological polar surface area (TPSA) is 76.2 Å². The SMILES string of the molecule is COc1ccc(OC)c(C(C)NCc2nc3scc(-c4ccccc4Cl)c3c(=O)[nH]2)c1. The maximum Gasteiger partial charge on any atom is 0.260 e. The first-order valence-electron chi connectivity index (χ1n) is 9.72. The second-order valence-corrected chi connectivity index (χ2v) is 8.30. The van der Waals surface area contributed by atoms with Crippen LogP contribution in [0, 0.1) is 0 Å². The first kappa shape index (κ1) is 21.4. The van der Waals surface area contributed by atoms with Crippen molar-refractivity contribution >= 4 is 33.2 Å². The quantitative estimate of drug-likeness (QED) is 0.402. The minimum absolute atomic E-state index is 0.0481. The molecular formula is C23H22ClN3O3S. The number of nitrogens with one attached hydrogen (secondary N) is 2. The molecule has 0 aliphatic carbocycles. The van der Waals surface area contributed by atoms with Crippen molar-refractivity contribution in [3.63, 3.8) is 0 Å².